The average Bonchev–Trinajstić information content (AvgIpc) is 2.68. The maximum Gasteiger partial charge on any atom is 0.274 e. The van der Waals surface area contributed by atoms with Crippen LogP contribution in [0.5, 0.6) is 0 Å². The van der Waals surface area contributed by atoms with Crippen LogP contribution in [0.3, 0.4) is 0 Å². The number of pyridine rings is 1. The summed E-state index contributed by atoms with van der Waals surface area (Å²) in [6.45, 7) is 2.10. The predicted octanol–water partition coefficient (Wildman–Crippen LogP) is 4.66. The van der Waals surface area contributed by atoms with E-state index in [0.717, 1.165) is 23.5 Å². The molecule has 0 aliphatic heterocycles. The van der Waals surface area contributed by atoms with Gasteiger partial charge in [-0.15, -0.1) is 0 Å². The largest absolute Gasteiger partial charge is 0.345 e. The summed E-state index contributed by atoms with van der Waals surface area (Å²) >= 11 is 0. The number of aromatic nitrogens is 1. The normalized spacial score (nSPS) is 10.3. The number of rotatable bonds is 5. The molecule has 0 spiro atoms. The van der Waals surface area contributed by atoms with E-state index in [0.29, 0.717) is 5.69 Å². The van der Waals surface area contributed by atoms with E-state index in [4.69, 9.17) is 0 Å². The molecule has 1 amide bonds. The third-order valence-corrected chi connectivity index (χ3v) is 4.13. The standard InChI is InChI=1S/C21H21N3O/c1-3-16-9-11-17(12-10-16)23-21(25)20-15-19(13-14-22-20)24(2)18-7-5-4-6-8-18/h4-15H,3H2,1-2H3,(H,23,25). The molecule has 0 bridgehead atoms. The lowest BCUT2D eigenvalue weighted by Gasteiger charge is -2.19. The molecule has 0 atom stereocenters. The van der Waals surface area contributed by atoms with Crippen molar-refractivity contribution in [2.45, 2.75) is 13.3 Å². The van der Waals surface area contributed by atoms with Crippen molar-refractivity contribution in [1.29, 1.82) is 0 Å². The Morgan fingerprint density at radius 1 is 1.00 bits per heavy atom. The monoisotopic (exact) mass is 331 g/mol. The van der Waals surface area contributed by atoms with Gasteiger partial charge in [-0.2, -0.15) is 0 Å². The minimum atomic E-state index is -0.215. The van der Waals surface area contributed by atoms with Gasteiger partial charge in [0.1, 0.15) is 5.69 Å². The van der Waals surface area contributed by atoms with Crippen LogP contribution in [0.15, 0.2) is 72.9 Å². The van der Waals surface area contributed by atoms with Crippen LogP contribution in [0.2, 0.25) is 0 Å². The molecule has 1 N–H and O–H groups in total. The molecule has 0 fully saturated rings. The van der Waals surface area contributed by atoms with Crippen molar-refractivity contribution in [3.8, 4) is 0 Å². The van der Waals surface area contributed by atoms with Crippen molar-refractivity contribution in [1.82, 2.24) is 4.98 Å². The first-order valence-corrected chi connectivity index (χ1v) is 8.32. The molecule has 0 aliphatic carbocycles. The number of aryl methyl sites for hydroxylation is 1. The second-order valence-corrected chi connectivity index (χ2v) is 5.80. The fourth-order valence-electron chi connectivity index (χ4n) is 2.57. The van der Waals surface area contributed by atoms with Crippen LogP contribution >= 0.6 is 0 Å². The number of carbonyl (C=O) groups excluding carboxylic acids is 1. The third kappa shape index (κ3) is 4.04. The van der Waals surface area contributed by atoms with Crippen molar-refractivity contribution in [3.05, 3.63) is 84.2 Å². The molecular formula is C21H21N3O. The van der Waals surface area contributed by atoms with E-state index in [1.807, 2.05) is 72.6 Å². The summed E-state index contributed by atoms with van der Waals surface area (Å²) in [4.78, 5) is 18.7. The predicted molar refractivity (Wildman–Crippen MR) is 103 cm³/mol. The van der Waals surface area contributed by atoms with E-state index in [1.165, 1.54) is 5.56 Å². The number of hydrogen-bond acceptors (Lipinski definition) is 3. The molecule has 3 aromatic rings. The number of nitrogens with one attached hydrogen (secondary N) is 1. The van der Waals surface area contributed by atoms with Crippen molar-refractivity contribution in [2.75, 3.05) is 17.3 Å². The van der Waals surface area contributed by atoms with E-state index in [2.05, 4.69) is 17.2 Å². The van der Waals surface area contributed by atoms with Crippen LogP contribution in [0.1, 0.15) is 23.0 Å². The first-order chi connectivity index (χ1) is 12.2. The zero-order valence-electron chi connectivity index (χ0n) is 14.4. The van der Waals surface area contributed by atoms with E-state index in [9.17, 15) is 4.79 Å². The molecule has 0 radical (unpaired) electrons. The maximum absolute atomic E-state index is 12.5. The smallest absolute Gasteiger partial charge is 0.274 e. The quantitative estimate of drug-likeness (QED) is 0.739. The van der Waals surface area contributed by atoms with Gasteiger partial charge in [-0.25, -0.2) is 0 Å². The Kier molecular flexibility index (Phi) is 5.09. The van der Waals surface area contributed by atoms with Crippen molar-refractivity contribution < 1.29 is 4.79 Å². The zero-order valence-corrected chi connectivity index (χ0v) is 14.4. The van der Waals surface area contributed by atoms with E-state index in [-0.39, 0.29) is 5.91 Å². The summed E-state index contributed by atoms with van der Waals surface area (Å²) < 4.78 is 0. The Morgan fingerprint density at radius 3 is 2.40 bits per heavy atom. The van der Waals surface area contributed by atoms with Crippen molar-refractivity contribution >= 4 is 23.0 Å². The summed E-state index contributed by atoms with van der Waals surface area (Å²) in [5, 5.41) is 2.90. The number of amides is 1. The Morgan fingerprint density at radius 2 is 1.72 bits per heavy atom. The highest BCUT2D eigenvalue weighted by molar-refractivity contribution is 6.03. The van der Waals surface area contributed by atoms with Crippen LogP contribution in [0.25, 0.3) is 0 Å². The number of carbonyl (C=O) groups is 1. The highest BCUT2D eigenvalue weighted by atomic mass is 16.1. The van der Waals surface area contributed by atoms with E-state index >= 15 is 0 Å². The van der Waals surface area contributed by atoms with Gasteiger partial charge in [0, 0.05) is 30.3 Å². The van der Waals surface area contributed by atoms with Crippen molar-refractivity contribution in [3.63, 3.8) is 0 Å². The fourth-order valence-corrected chi connectivity index (χ4v) is 2.57. The highest BCUT2D eigenvalue weighted by Gasteiger charge is 2.11. The molecule has 2 aromatic carbocycles. The van der Waals surface area contributed by atoms with Gasteiger partial charge in [0.25, 0.3) is 5.91 Å². The van der Waals surface area contributed by atoms with Gasteiger partial charge in [0.05, 0.1) is 0 Å². The number of nitrogens with zero attached hydrogens (tertiary/aromatic N) is 2. The van der Waals surface area contributed by atoms with Crippen LogP contribution in [0.4, 0.5) is 17.1 Å². The fraction of sp³-hybridized carbons (Fsp3) is 0.143. The lowest BCUT2D eigenvalue weighted by Crippen LogP contribution is -2.15. The zero-order chi connectivity index (χ0) is 17.6. The summed E-state index contributed by atoms with van der Waals surface area (Å²) in [7, 11) is 1.97. The SMILES string of the molecule is CCc1ccc(NC(=O)c2cc(N(C)c3ccccc3)ccn2)cc1. The third-order valence-electron chi connectivity index (χ3n) is 4.13. The lowest BCUT2D eigenvalue weighted by atomic mass is 10.1. The van der Waals surface area contributed by atoms with Gasteiger partial charge in [0.2, 0.25) is 0 Å². The Hall–Kier alpha value is -3.14. The summed E-state index contributed by atoms with van der Waals surface area (Å²) in [6.07, 6.45) is 2.63. The molecule has 0 saturated heterocycles. The molecule has 25 heavy (non-hydrogen) atoms. The molecule has 0 aliphatic rings. The molecule has 0 saturated carbocycles. The molecule has 4 nitrogen and oxygen atoms in total. The Labute approximate surface area is 148 Å². The molecule has 3 rings (SSSR count). The van der Waals surface area contributed by atoms with Gasteiger partial charge in [0.15, 0.2) is 0 Å². The lowest BCUT2D eigenvalue weighted by molar-refractivity contribution is 0.102. The van der Waals surface area contributed by atoms with Crippen LogP contribution in [-0.4, -0.2) is 17.9 Å². The summed E-state index contributed by atoms with van der Waals surface area (Å²) in [5.41, 5.74) is 4.36. The van der Waals surface area contributed by atoms with Gasteiger partial charge >= 0.3 is 0 Å². The molecular weight excluding hydrogens is 310 g/mol. The molecule has 1 aromatic heterocycles. The molecule has 4 heteroatoms. The Bertz CT molecular complexity index is 845. The van der Waals surface area contributed by atoms with Gasteiger partial charge in [-0.3, -0.25) is 9.78 Å². The van der Waals surface area contributed by atoms with Gasteiger partial charge < -0.3 is 10.2 Å². The van der Waals surface area contributed by atoms with E-state index < -0.39 is 0 Å². The molecule has 126 valence electrons. The molecule has 0 unspecified atom stereocenters. The second kappa shape index (κ2) is 7.62. The minimum absolute atomic E-state index is 0.215. The Balaban J connectivity index is 1.77. The van der Waals surface area contributed by atoms with Gasteiger partial charge in [-0.05, 0) is 48.4 Å². The van der Waals surface area contributed by atoms with Crippen molar-refractivity contribution in [2.24, 2.45) is 0 Å². The maximum atomic E-state index is 12.5. The highest BCUT2D eigenvalue weighted by Crippen LogP contribution is 2.23. The average molecular weight is 331 g/mol. The van der Waals surface area contributed by atoms with E-state index in [1.54, 1.807) is 12.3 Å². The first-order valence-electron chi connectivity index (χ1n) is 8.32. The molecule has 1 heterocycles. The number of hydrogen-bond donors (Lipinski definition) is 1. The van der Waals surface area contributed by atoms with Crippen LogP contribution < -0.4 is 10.2 Å². The minimum Gasteiger partial charge on any atom is -0.345 e. The number of para-hydroxylation sites is 1. The second-order valence-electron chi connectivity index (χ2n) is 5.80. The summed E-state index contributed by atoms with van der Waals surface area (Å²) in [6, 6.07) is 21.5. The van der Waals surface area contributed by atoms with Crippen LogP contribution in [0, 0.1) is 0 Å². The number of anilines is 3. The van der Waals surface area contributed by atoms with Gasteiger partial charge in [-0.1, -0.05) is 37.3 Å². The summed E-state index contributed by atoms with van der Waals surface area (Å²) in [5.74, 6) is -0.215. The number of benzene rings is 2. The first kappa shape index (κ1) is 16.7. The topological polar surface area (TPSA) is 45.2 Å². The van der Waals surface area contributed by atoms with Crippen LogP contribution in [-0.2, 0) is 6.42 Å².